The van der Waals surface area contributed by atoms with E-state index in [1.54, 1.807) is 0 Å². The molecular weight excluding hydrogens is 1160 g/mol. The SMILES string of the molecule is CC/C=C\C/C=C\C/C=C\C/C=C\C/C=C\C/C=C\C/C=C\C/C=C\C/C=C\C/C=C\CCCCCCCCC(=O)OC(COC(=O)CCCCCCCCCCCCCCCCCCCCCCCCCCCCCCCCCC)COC(OCC[N+](C)(C)C)C(=O)O. The van der Waals surface area contributed by atoms with Crippen LogP contribution in [-0.2, 0) is 33.3 Å². The predicted octanol–water partition coefficient (Wildman–Crippen LogP) is 25.1. The molecule has 0 aromatic rings. The second-order valence-electron chi connectivity index (χ2n) is 27.3. The van der Waals surface area contributed by atoms with E-state index in [0.717, 1.165) is 122 Å². The Labute approximate surface area is 580 Å². The first-order valence-electron chi connectivity index (χ1n) is 39.2. The maximum Gasteiger partial charge on any atom is 0.361 e. The molecule has 9 heteroatoms. The fraction of sp³-hybridized carbons (Fsp3) is 0.729. The Balaban J connectivity index is 4.12. The van der Waals surface area contributed by atoms with E-state index in [0.29, 0.717) is 23.9 Å². The topological polar surface area (TPSA) is 108 Å². The van der Waals surface area contributed by atoms with E-state index in [4.69, 9.17) is 18.9 Å². The molecule has 2 unspecified atom stereocenters. The monoisotopic (exact) mass is 1310 g/mol. The number of allylic oxidation sites excluding steroid dienone is 20. The maximum absolute atomic E-state index is 13.0. The zero-order valence-corrected chi connectivity index (χ0v) is 61.8. The molecule has 0 amide bonds. The maximum atomic E-state index is 13.0. The molecule has 9 nitrogen and oxygen atoms in total. The van der Waals surface area contributed by atoms with Crippen molar-refractivity contribution in [2.75, 3.05) is 47.5 Å². The third kappa shape index (κ3) is 75.1. The molecule has 1 N–H and O–H groups in total. The highest BCUT2D eigenvalue weighted by Crippen LogP contribution is 2.19. The number of carboxylic acid groups (broad SMARTS) is 1. The van der Waals surface area contributed by atoms with Crippen LogP contribution in [0.15, 0.2) is 122 Å². The number of carbonyl (C=O) groups is 3. The number of hydrogen-bond donors (Lipinski definition) is 1. The lowest BCUT2D eigenvalue weighted by molar-refractivity contribution is -0.870. The average molecular weight is 1310 g/mol. The van der Waals surface area contributed by atoms with Crippen LogP contribution >= 0.6 is 0 Å². The highest BCUT2D eigenvalue weighted by atomic mass is 16.7. The van der Waals surface area contributed by atoms with Crippen LogP contribution in [0.3, 0.4) is 0 Å². The van der Waals surface area contributed by atoms with Crippen molar-refractivity contribution in [3.63, 3.8) is 0 Å². The number of carboxylic acids is 1. The van der Waals surface area contributed by atoms with E-state index < -0.39 is 24.3 Å². The third-order valence-electron chi connectivity index (χ3n) is 17.0. The van der Waals surface area contributed by atoms with Gasteiger partial charge in [0.15, 0.2) is 6.10 Å². The zero-order chi connectivity index (χ0) is 68.2. The summed E-state index contributed by atoms with van der Waals surface area (Å²) < 4.78 is 23.0. The number of hydrogen-bond acceptors (Lipinski definition) is 7. The van der Waals surface area contributed by atoms with Crippen LogP contribution in [0.4, 0.5) is 0 Å². The summed E-state index contributed by atoms with van der Waals surface area (Å²) >= 11 is 0. The molecule has 0 radical (unpaired) electrons. The number of likely N-dealkylation sites (N-methyl/N-ethyl adjacent to an activating group) is 1. The van der Waals surface area contributed by atoms with Crippen LogP contribution in [0.25, 0.3) is 0 Å². The number of aliphatic carboxylic acids is 1. The summed E-state index contributed by atoms with van der Waals surface area (Å²) in [5.74, 6) is -2.02. The number of unbranched alkanes of at least 4 members (excludes halogenated alkanes) is 37. The van der Waals surface area contributed by atoms with Gasteiger partial charge in [-0.1, -0.05) is 360 Å². The van der Waals surface area contributed by atoms with E-state index in [1.165, 1.54) is 186 Å². The Morgan fingerprint density at radius 1 is 0.330 bits per heavy atom. The van der Waals surface area contributed by atoms with Crippen LogP contribution < -0.4 is 0 Å². The minimum Gasteiger partial charge on any atom is -0.477 e. The first-order valence-corrected chi connectivity index (χ1v) is 39.2. The van der Waals surface area contributed by atoms with Gasteiger partial charge in [0.1, 0.15) is 13.2 Å². The van der Waals surface area contributed by atoms with Gasteiger partial charge in [0.2, 0.25) is 0 Å². The van der Waals surface area contributed by atoms with Gasteiger partial charge in [0.05, 0.1) is 34.4 Å². The number of quaternary nitrogens is 1. The average Bonchev–Trinajstić information content (AvgIpc) is 3.75. The van der Waals surface area contributed by atoms with Crippen LogP contribution in [0, 0.1) is 0 Å². The number of esters is 2. The van der Waals surface area contributed by atoms with Gasteiger partial charge in [-0.05, 0) is 89.9 Å². The van der Waals surface area contributed by atoms with Crippen LogP contribution in [0.5, 0.6) is 0 Å². The molecule has 2 atom stereocenters. The molecule has 540 valence electrons. The molecule has 94 heavy (non-hydrogen) atoms. The first kappa shape index (κ1) is 89.7. The Kier molecular flexibility index (Phi) is 71.1. The fourth-order valence-corrected chi connectivity index (χ4v) is 11.0. The molecule has 0 aliphatic heterocycles. The van der Waals surface area contributed by atoms with Gasteiger partial charge in [-0.3, -0.25) is 9.59 Å². The first-order chi connectivity index (χ1) is 46.1. The van der Waals surface area contributed by atoms with Crippen molar-refractivity contribution in [3.8, 4) is 0 Å². The summed E-state index contributed by atoms with van der Waals surface area (Å²) in [7, 11) is 5.98. The molecule has 0 rings (SSSR count). The van der Waals surface area contributed by atoms with Crippen LogP contribution in [0.2, 0.25) is 0 Å². The van der Waals surface area contributed by atoms with Crippen molar-refractivity contribution in [1.82, 2.24) is 0 Å². The van der Waals surface area contributed by atoms with Crippen molar-refractivity contribution in [3.05, 3.63) is 122 Å². The predicted molar refractivity (Wildman–Crippen MR) is 405 cm³/mol. The lowest BCUT2D eigenvalue weighted by Crippen LogP contribution is -2.40. The number of nitrogens with zero attached hydrogens (tertiary/aromatic N) is 1. The van der Waals surface area contributed by atoms with Gasteiger partial charge in [-0.15, -0.1) is 0 Å². The summed E-state index contributed by atoms with van der Waals surface area (Å²) in [4.78, 5) is 37.7. The standard InChI is InChI=1S/C85H147NO8/c1-6-8-10-12-14-16-18-20-22-24-26-28-30-32-34-36-38-40-41-42-43-44-46-48-50-52-54-56-58-60-62-64-66-68-70-72-74-76-83(88)94-81(80-93-85(84(89)90)91-78-77-86(3,4)5)79-92-82(87)75-73-71-69-67-65-63-61-59-57-55-53-51-49-47-45-39-37-35-33-31-29-27-25-23-21-19-17-15-13-11-9-7-2/h8,10,14,16,20,22,26,28,32,34,38,40,42-43,46,48,52,54,58,60,81,85H,6-7,9,11-13,15,17-19,21,23-25,27,29-31,33,35-37,39,41,44-45,47,49-51,53,55-57,59,61-80H2,1-5H3/p+1/b10-8-,16-14-,22-20-,28-26-,34-32-,40-38-,43-42-,48-46-,54-52-,60-58-. The number of ether oxygens (including phenoxy) is 4. The molecule has 0 saturated carbocycles. The minimum absolute atomic E-state index is 0.180. The second-order valence-corrected chi connectivity index (χ2v) is 27.3. The summed E-state index contributed by atoms with van der Waals surface area (Å²) in [6.07, 6.45) is 103. The third-order valence-corrected chi connectivity index (χ3v) is 17.0. The van der Waals surface area contributed by atoms with E-state index in [2.05, 4.69) is 135 Å². The second kappa shape index (κ2) is 74.5. The molecule has 0 spiro atoms. The van der Waals surface area contributed by atoms with Gasteiger partial charge in [0, 0.05) is 12.8 Å². The summed E-state index contributed by atoms with van der Waals surface area (Å²) in [6, 6.07) is 0. The van der Waals surface area contributed by atoms with E-state index in [9.17, 15) is 19.5 Å². The normalized spacial score (nSPS) is 13.3. The Morgan fingerprint density at radius 2 is 0.606 bits per heavy atom. The molecule has 0 saturated heterocycles. The van der Waals surface area contributed by atoms with E-state index in [1.807, 2.05) is 21.1 Å². The van der Waals surface area contributed by atoms with Crippen molar-refractivity contribution < 1.29 is 42.9 Å². The molecule has 0 bridgehead atoms. The van der Waals surface area contributed by atoms with Gasteiger partial charge < -0.3 is 28.5 Å². The van der Waals surface area contributed by atoms with Crippen LogP contribution in [0.1, 0.15) is 341 Å². The Morgan fingerprint density at radius 3 is 0.904 bits per heavy atom. The van der Waals surface area contributed by atoms with Crippen molar-refractivity contribution in [2.45, 2.75) is 354 Å². The molecule has 0 aliphatic carbocycles. The lowest BCUT2D eigenvalue weighted by atomic mass is 10.0. The summed E-state index contributed by atoms with van der Waals surface area (Å²) in [5, 5.41) is 9.77. The molecule has 0 aliphatic rings. The van der Waals surface area contributed by atoms with Crippen molar-refractivity contribution in [1.29, 1.82) is 0 Å². The molecular formula is C85H148NO8+. The molecule has 0 fully saturated rings. The smallest absolute Gasteiger partial charge is 0.361 e. The fourth-order valence-electron chi connectivity index (χ4n) is 11.0. The van der Waals surface area contributed by atoms with Crippen molar-refractivity contribution in [2.24, 2.45) is 0 Å². The molecule has 0 aromatic carbocycles. The Bertz CT molecular complexity index is 1960. The number of rotatable bonds is 72. The molecule has 0 heterocycles. The van der Waals surface area contributed by atoms with E-state index >= 15 is 0 Å². The lowest BCUT2D eigenvalue weighted by Gasteiger charge is -2.25. The van der Waals surface area contributed by atoms with Gasteiger partial charge >= 0.3 is 17.9 Å². The van der Waals surface area contributed by atoms with Gasteiger partial charge in [-0.25, -0.2) is 4.79 Å². The largest absolute Gasteiger partial charge is 0.477 e. The number of carbonyl (C=O) groups excluding carboxylic acids is 2. The highest BCUT2D eigenvalue weighted by Gasteiger charge is 2.25. The van der Waals surface area contributed by atoms with Gasteiger partial charge in [-0.2, -0.15) is 0 Å². The quantitative estimate of drug-likeness (QED) is 0.0211. The van der Waals surface area contributed by atoms with E-state index in [-0.39, 0.29) is 32.2 Å². The molecule has 0 aromatic heterocycles. The van der Waals surface area contributed by atoms with Crippen LogP contribution in [-0.4, -0.2) is 87.4 Å². The minimum atomic E-state index is -1.52. The Hall–Kier alpha value is -4.31. The summed E-state index contributed by atoms with van der Waals surface area (Å²) in [6.45, 7) is 4.78. The van der Waals surface area contributed by atoms with Gasteiger partial charge in [0.25, 0.3) is 6.29 Å². The highest BCUT2D eigenvalue weighted by molar-refractivity contribution is 5.71. The van der Waals surface area contributed by atoms with Crippen molar-refractivity contribution >= 4 is 17.9 Å². The summed E-state index contributed by atoms with van der Waals surface area (Å²) in [5.41, 5.74) is 0. The zero-order valence-electron chi connectivity index (χ0n) is 61.8.